The van der Waals surface area contributed by atoms with E-state index in [1.54, 1.807) is 17.1 Å². The van der Waals surface area contributed by atoms with Gasteiger partial charge in [0.15, 0.2) is 11.6 Å². The lowest BCUT2D eigenvalue weighted by molar-refractivity contribution is 0.0771. The normalized spacial score (nSPS) is 14.6. The summed E-state index contributed by atoms with van der Waals surface area (Å²) in [7, 11) is 0. The fraction of sp³-hybridized carbons (Fsp3) is 0.421. The van der Waals surface area contributed by atoms with Crippen molar-refractivity contribution in [3.63, 3.8) is 0 Å². The second-order valence-corrected chi connectivity index (χ2v) is 8.20. The molecule has 1 aliphatic rings. The van der Waals surface area contributed by atoms with Gasteiger partial charge in [-0.05, 0) is 19.1 Å². The minimum atomic E-state index is 0.0266. The minimum absolute atomic E-state index is 0.0266. The second kappa shape index (κ2) is 7.75. The van der Waals surface area contributed by atoms with Crippen LogP contribution in [0.4, 0.5) is 0 Å². The van der Waals surface area contributed by atoms with E-state index in [1.807, 2.05) is 49.6 Å². The molecule has 4 rings (SSSR count). The summed E-state index contributed by atoms with van der Waals surface area (Å²) < 4.78 is 7.05. The van der Waals surface area contributed by atoms with Crippen molar-refractivity contribution in [2.45, 2.75) is 26.7 Å². The maximum absolute atomic E-state index is 12.8. The Balaban J connectivity index is 1.63. The molecule has 1 fully saturated rings. The van der Waals surface area contributed by atoms with Gasteiger partial charge in [-0.1, -0.05) is 19.0 Å². The number of rotatable bonds is 4. The summed E-state index contributed by atoms with van der Waals surface area (Å²) in [6, 6.07) is 3.65. The first-order chi connectivity index (χ1) is 13.5. The topological polar surface area (TPSA) is 89.9 Å². The molecule has 0 bridgehead atoms. The summed E-state index contributed by atoms with van der Waals surface area (Å²) in [5, 5.41) is 8.42. The van der Waals surface area contributed by atoms with Gasteiger partial charge in [-0.15, -0.1) is 0 Å². The van der Waals surface area contributed by atoms with Crippen LogP contribution in [0.1, 0.15) is 41.6 Å². The largest absolute Gasteiger partial charge is 0.337 e. The lowest BCUT2D eigenvalue weighted by Gasteiger charge is -2.26. The van der Waals surface area contributed by atoms with Crippen molar-refractivity contribution >= 4 is 17.7 Å². The predicted octanol–water partition coefficient (Wildman–Crippen LogP) is 2.94. The summed E-state index contributed by atoms with van der Waals surface area (Å²) in [4.78, 5) is 23.6. The Hall–Kier alpha value is -2.68. The van der Waals surface area contributed by atoms with Crippen LogP contribution in [0.3, 0.4) is 0 Å². The third-order valence-electron chi connectivity index (χ3n) is 4.71. The molecule has 28 heavy (non-hydrogen) atoms. The van der Waals surface area contributed by atoms with E-state index in [9.17, 15) is 4.79 Å². The number of thioether (sulfide) groups is 1. The van der Waals surface area contributed by atoms with Crippen LogP contribution >= 0.6 is 11.8 Å². The number of amides is 1. The van der Waals surface area contributed by atoms with Gasteiger partial charge in [-0.2, -0.15) is 21.8 Å². The highest BCUT2D eigenvalue weighted by atomic mass is 32.2. The number of nitrogens with zero attached hydrogens (tertiary/aromatic N) is 6. The minimum Gasteiger partial charge on any atom is -0.337 e. The molecule has 0 aromatic carbocycles. The lowest BCUT2D eigenvalue weighted by Crippen LogP contribution is -2.38. The van der Waals surface area contributed by atoms with Gasteiger partial charge in [0.25, 0.3) is 11.8 Å². The quantitative estimate of drug-likeness (QED) is 0.667. The fourth-order valence-corrected chi connectivity index (χ4v) is 3.94. The number of aromatic nitrogens is 5. The van der Waals surface area contributed by atoms with Gasteiger partial charge in [-0.3, -0.25) is 4.79 Å². The highest BCUT2D eigenvalue weighted by molar-refractivity contribution is 7.99. The van der Waals surface area contributed by atoms with Gasteiger partial charge in [0.05, 0.1) is 17.5 Å². The van der Waals surface area contributed by atoms with E-state index in [0.717, 1.165) is 35.9 Å². The Morgan fingerprint density at radius 2 is 2.07 bits per heavy atom. The Bertz CT molecular complexity index is 990. The Morgan fingerprint density at radius 3 is 2.79 bits per heavy atom. The molecule has 3 aromatic heterocycles. The van der Waals surface area contributed by atoms with Crippen molar-refractivity contribution in [2.75, 3.05) is 24.6 Å². The van der Waals surface area contributed by atoms with Gasteiger partial charge in [-0.25, -0.2) is 9.67 Å². The van der Waals surface area contributed by atoms with Crippen LogP contribution in [0.2, 0.25) is 0 Å². The number of carbonyl (C=O) groups is 1. The Kier molecular flexibility index (Phi) is 5.17. The average molecular weight is 398 g/mol. The fourth-order valence-electron chi connectivity index (χ4n) is 3.04. The van der Waals surface area contributed by atoms with Crippen molar-refractivity contribution in [1.82, 2.24) is 29.8 Å². The van der Waals surface area contributed by atoms with Gasteiger partial charge in [0, 0.05) is 42.3 Å². The molecule has 0 radical (unpaired) electrons. The first-order valence-electron chi connectivity index (χ1n) is 9.26. The van der Waals surface area contributed by atoms with E-state index in [2.05, 4.69) is 20.2 Å². The summed E-state index contributed by atoms with van der Waals surface area (Å²) in [6.45, 7) is 7.46. The molecule has 0 aliphatic carbocycles. The molecule has 4 heterocycles. The molecule has 0 N–H and O–H groups in total. The summed E-state index contributed by atoms with van der Waals surface area (Å²) in [5.74, 6) is 3.88. The third-order valence-corrected chi connectivity index (χ3v) is 5.65. The molecule has 8 nitrogen and oxygen atoms in total. The van der Waals surface area contributed by atoms with E-state index >= 15 is 0 Å². The molecule has 1 aliphatic heterocycles. The van der Waals surface area contributed by atoms with Crippen molar-refractivity contribution < 1.29 is 9.32 Å². The maximum Gasteiger partial charge on any atom is 0.258 e. The molecule has 3 aromatic rings. The van der Waals surface area contributed by atoms with Crippen molar-refractivity contribution in [2.24, 2.45) is 0 Å². The van der Waals surface area contributed by atoms with Crippen molar-refractivity contribution in [3.05, 3.63) is 41.6 Å². The smallest absolute Gasteiger partial charge is 0.258 e. The van der Waals surface area contributed by atoms with Gasteiger partial charge >= 0.3 is 0 Å². The van der Waals surface area contributed by atoms with E-state index in [-0.39, 0.29) is 11.8 Å². The van der Waals surface area contributed by atoms with Gasteiger partial charge < -0.3 is 9.42 Å². The molecule has 0 spiro atoms. The zero-order chi connectivity index (χ0) is 19.7. The molecule has 1 saturated heterocycles. The van der Waals surface area contributed by atoms with Crippen LogP contribution in [-0.4, -0.2) is 60.3 Å². The van der Waals surface area contributed by atoms with E-state index in [4.69, 9.17) is 4.52 Å². The molecule has 0 atom stereocenters. The van der Waals surface area contributed by atoms with Crippen LogP contribution in [0.15, 0.2) is 29.0 Å². The SMILES string of the molecule is Cc1c(C(=O)N2CCSCC2)cnn1-c1cc(-c2nc(C(C)C)no2)ccn1. The molecule has 9 heteroatoms. The van der Waals surface area contributed by atoms with E-state index < -0.39 is 0 Å². The number of hydrogen-bond acceptors (Lipinski definition) is 7. The Labute approximate surface area is 167 Å². The highest BCUT2D eigenvalue weighted by Gasteiger charge is 2.23. The molecular weight excluding hydrogens is 376 g/mol. The third kappa shape index (κ3) is 3.54. The van der Waals surface area contributed by atoms with Crippen LogP contribution < -0.4 is 0 Å². The molecular formula is C19H22N6O2S. The van der Waals surface area contributed by atoms with Gasteiger partial charge in [0.2, 0.25) is 0 Å². The van der Waals surface area contributed by atoms with Crippen LogP contribution in [0.25, 0.3) is 17.3 Å². The van der Waals surface area contributed by atoms with Gasteiger partial charge in [0.1, 0.15) is 0 Å². The standard InChI is InChI=1S/C19H22N6O2S/c1-12(2)17-22-18(27-23-17)14-4-5-20-16(10-14)25-13(3)15(11-21-25)19(26)24-6-8-28-9-7-24/h4-5,10-12H,6-9H2,1-3H3. The van der Waals surface area contributed by atoms with E-state index in [1.165, 1.54) is 0 Å². The number of hydrogen-bond donors (Lipinski definition) is 0. The number of pyridine rings is 1. The summed E-state index contributed by atoms with van der Waals surface area (Å²) in [5.41, 5.74) is 2.14. The molecule has 0 unspecified atom stereocenters. The summed E-state index contributed by atoms with van der Waals surface area (Å²) in [6.07, 6.45) is 3.30. The van der Waals surface area contributed by atoms with Crippen molar-refractivity contribution in [1.29, 1.82) is 0 Å². The molecule has 146 valence electrons. The first-order valence-corrected chi connectivity index (χ1v) is 10.4. The summed E-state index contributed by atoms with van der Waals surface area (Å²) >= 11 is 1.88. The average Bonchev–Trinajstić information content (AvgIpc) is 3.36. The van der Waals surface area contributed by atoms with Crippen LogP contribution in [0.5, 0.6) is 0 Å². The van der Waals surface area contributed by atoms with Crippen LogP contribution in [0, 0.1) is 6.92 Å². The zero-order valence-electron chi connectivity index (χ0n) is 16.1. The van der Waals surface area contributed by atoms with Crippen molar-refractivity contribution in [3.8, 4) is 17.3 Å². The highest BCUT2D eigenvalue weighted by Crippen LogP contribution is 2.23. The van der Waals surface area contributed by atoms with Crippen LogP contribution in [-0.2, 0) is 0 Å². The lowest BCUT2D eigenvalue weighted by atomic mass is 10.2. The van der Waals surface area contributed by atoms with E-state index in [0.29, 0.717) is 23.1 Å². The first kappa shape index (κ1) is 18.7. The Morgan fingerprint density at radius 1 is 1.29 bits per heavy atom. The predicted molar refractivity (Wildman–Crippen MR) is 107 cm³/mol. The molecule has 1 amide bonds. The maximum atomic E-state index is 12.8. The zero-order valence-corrected chi connectivity index (χ0v) is 16.9. The second-order valence-electron chi connectivity index (χ2n) is 6.98. The molecule has 0 saturated carbocycles. The monoisotopic (exact) mass is 398 g/mol. The number of carbonyl (C=O) groups excluding carboxylic acids is 1.